The summed E-state index contributed by atoms with van der Waals surface area (Å²) < 4.78 is 15.3. The minimum atomic E-state index is -0.618. The van der Waals surface area contributed by atoms with Crippen LogP contribution in [0.2, 0.25) is 0 Å². The van der Waals surface area contributed by atoms with Gasteiger partial charge in [-0.3, -0.25) is 19.7 Å². The zero-order valence-corrected chi connectivity index (χ0v) is 18.1. The number of hydrogen-bond donors (Lipinski definition) is 2. The van der Waals surface area contributed by atoms with E-state index < -0.39 is 10.8 Å². The Morgan fingerprint density at radius 2 is 1.72 bits per heavy atom. The van der Waals surface area contributed by atoms with Crippen molar-refractivity contribution >= 4 is 28.9 Å². The first-order valence-corrected chi connectivity index (χ1v) is 9.42. The number of hydrazone groups is 1. The molecule has 0 aromatic heterocycles. The summed E-state index contributed by atoms with van der Waals surface area (Å²) in [5.41, 5.74) is 3.13. The largest absolute Gasteiger partial charge is 0.496 e. The van der Waals surface area contributed by atoms with Gasteiger partial charge in [0.05, 0.1) is 45.2 Å². The first-order chi connectivity index (χ1) is 15.3. The van der Waals surface area contributed by atoms with Crippen LogP contribution in [0.4, 0.5) is 11.4 Å². The van der Waals surface area contributed by atoms with Crippen molar-refractivity contribution in [3.63, 3.8) is 0 Å². The minimum Gasteiger partial charge on any atom is -0.496 e. The van der Waals surface area contributed by atoms with Crippen LogP contribution in [-0.2, 0) is 16.0 Å². The van der Waals surface area contributed by atoms with Gasteiger partial charge in [-0.05, 0) is 36.8 Å². The molecule has 2 aromatic rings. The Morgan fingerprint density at radius 1 is 1.00 bits per heavy atom. The fourth-order valence-corrected chi connectivity index (χ4v) is 2.73. The molecule has 2 aromatic carbocycles. The summed E-state index contributed by atoms with van der Waals surface area (Å²) in [4.78, 5) is 35.0. The maximum Gasteiger partial charge on any atom is 0.296 e. The van der Waals surface area contributed by atoms with Gasteiger partial charge in [0.2, 0.25) is 11.8 Å². The standard InChI is InChI=1S/C21H24N4O7/c1-13(9-20(26)22-16-7-6-15(30-2)12-17(16)25(28)29)23-24-21(27)11-14-5-8-18(31-3)19(10-14)32-4/h5-8,10,12H,9,11H2,1-4H3,(H,22,26)(H,24,27)/b23-13-. The Morgan fingerprint density at radius 3 is 2.34 bits per heavy atom. The fraction of sp³-hybridized carbons (Fsp3) is 0.286. The highest BCUT2D eigenvalue weighted by molar-refractivity contribution is 6.06. The van der Waals surface area contributed by atoms with Crippen LogP contribution in [0.1, 0.15) is 18.9 Å². The van der Waals surface area contributed by atoms with Crippen LogP contribution in [0, 0.1) is 10.1 Å². The Kier molecular flexibility index (Phi) is 8.52. The predicted molar refractivity (Wildman–Crippen MR) is 117 cm³/mol. The predicted octanol–water partition coefficient (Wildman–Crippen LogP) is 2.68. The number of amides is 2. The van der Waals surface area contributed by atoms with Crippen molar-refractivity contribution in [2.45, 2.75) is 19.8 Å². The summed E-state index contributed by atoms with van der Waals surface area (Å²) in [5.74, 6) is 0.441. The average Bonchev–Trinajstić information content (AvgIpc) is 2.77. The van der Waals surface area contributed by atoms with Crippen LogP contribution in [0.25, 0.3) is 0 Å². The molecule has 2 amide bonds. The number of carbonyl (C=O) groups is 2. The summed E-state index contributed by atoms with van der Waals surface area (Å²) in [7, 11) is 4.41. The van der Waals surface area contributed by atoms with Gasteiger partial charge in [-0.1, -0.05) is 6.07 Å². The van der Waals surface area contributed by atoms with Crippen molar-refractivity contribution in [3.8, 4) is 17.2 Å². The van der Waals surface area contributed by atoms with Crippen molar-refractivity contribution in [1.82, 2.24) is 5.43 Å². The van der Waals surface area contributed by atoms with E-state index in [1.54, 1.807) is 25.1 Å². The smallest absolute Gasteiger partial charge is 0.296 e. The van der Waals surface area contributed by atoms with Crippen molar-refractivity contribution in [1.29, 1.82) is 0 Å². The lowest BCUT2D eigenvalue weighted by Crippen LogP contribution is -2.23. The molecule has 0 saturated heterocycles. The molecule has 11 heteroatoms. The third-order valence-electron chi connectivity index (χ3n) is 4.28. The van der Waals surface area contributed by atoms with Gasteiger partial charge >= 0.3 is 0 Å². The molecule has 32 heavy (non-hydrogen) atoms. The number of carbonyl (C=O) groups excluding carboxylic acids is 2. The number of anilines is 1. The van der Waals surface area contributed by atoms with Crippen molar-refractivity contribution in [2.24, 2.45) is 5.10 Å². The van der Waals surface area contributed by atoms with E-state index in [2.05, 4.69) is 15.8 Å². The molecule has 11 nitrogen and oxygen atoms in total. The highest BCUT2D eigenvalue weighted by atomic mass is 16.6. The Balaban J connectivity index is 1.94. The number of ether oxygens (including phenoxy) is 3. The molecule has 0 radical (unpaired) electrons. The minimum absolute atomic E-state index is 0.0334. The molecule has 0 spiro atoms. The van der Waals surface area contributed by atoms with E-state index in [1.807, 2.05) is 0 Å². The van der Waals surface area contributed by atoms with E-state index in [0.29, 0.717) is 28.5 Å². The number of methoxy groups -OCH3 is 3. The molecule has 0 saturated carbocycles. The van der Waals surface area contributed by atoms with Crippen molar-refractivity contribution in [2.75, 3.05) is 26.6 Å². The molecule has 0 aliphatic heterocycles. The monoisotopic (exact) mass is 444 g/mol. The number of hydrogen-bond acceptors (Lipinski definition) is 8. The molecule has 0 aliphatic rings. The number of nitro benzene ring substituents is 1. The molecule has 0 aliphatic carbocycles. The maximum absolute atomic E-state index is 12.2. The normalized spacial score (nSPS) is 10.8. The third-order valence-corrected chi connectivity index (χ3v) is 4.28. The van der Waals surface area contributed by atoms with Gasteiger partial charge < -0.3 is 19.5 Å². The summed E-state index contributed by atoms with van der Waals surface area (Å²) in [6.07, 6.45) is -0.124. The van der Waals surface area contributed by atoms with E-state index in [9.17, 15) is 19.7 Å². The van der Waals surface area contributed by atoms with Gasteiger partial charge in [0.25, 0.3) is 5.69 Å². The topological polar surface area (TPSA) is 141 Å². The van der Waals surface area contributed by atoms with Gasteiger partial charge in [-0.2, -0.15) is 5.10 Å². The second-order valence-corrected chi connectivity index (χ2v) is 6.61. The van der Waals surface area contributed by atoms with E-state index in [0.717, 1.165) is 0 Å². The molecular formula is C21H24N4O7. The van der Waals surface area contributed by atoms with Crippen LogP contribution in [0.15, 0.2) is 41.5 Å². The summed E-state index contributed by atoms with van der Waals surface area (Å²) in [5, 5.41) is 17.6. The highest BCUT2D eigenvalue weighted by Gasteiger charge is 2.17. The van der Waals surface area contributed by atoms with Crippen LogP contribution in [0.5, 0.6) is 17.2 Å². The van der Waals surface area contributed by atoms with Crippen LogP contribution in [0.3, 0.4) is 0 Å². The van der Waals surface area contributed by atoms with Gasteiger partial charge in [0.15, 0.2) is 11.5 Å². The maximum atomic E-state index is 12.2. The molecule has 2 N–H and O–H groups in total. The van der Waals surface area contributed by atoms with Crippen molar-refractivity contribution < 1.29 is 28.7 Å². The molecule has 2 rings (SSSR count). The van der Waals surface area contributed by atoms with Gasteiger partial charge in [0, 0.05) is 5.71 Å². The molecule has 0 heterocycles. The average molecular weight is 444 g/mol. The summed E-state index contributed by atoms with van der Waals surface area (Å²) in [6, 6.07) is 9.20. The zero-order valence-electron chi connectivity index (χ0n) is 18.1. The Hall–Kier alpha value is -4.15. The summed E-state index contributed by atoms with van der Waals surface area (Å²) in [6.45, 7) is 1.55. The van der Waals surface area contributed by atoms with E-state index in [4.69, 9.17) is 14.2 Å². The lowest BCUT2D eigenvalue weighted by atomic mass is 10.1. The third kappa shape index (κ3) is 6.69. The molecular weight excluding hydrogens is 420 g/mol. The van der Waals surface area contributed by atoms with Crippen molar-refractivity contribution in [3.05, 3.63) is 52.1 Å². The lowest BCUT2D eigenvalue weighted by molar-refractivity contribution is -0.384. The first kappa shape index (κ1) is 24.1. The molecule has 0 atom stereocenters. The second-order valence-electron chi connectivity index (χ2n) is 6.61. The summed E-state index contributed by atoms with van der Waals surface area (Å²) >= 11 is 0. The van der Waals surface area contributed by atoms with E-state index in [1.165, 1.54) is 39.5 Å². The van der Waals surface area contributed by atoms with Crippen LogP contribution >= 0.6 is 0 Å². The number of nitrogens with one attached hydrogen (secondary N) is 2. The first-order valence-electron chi connectivity index (χ1n) is 9.42. The number of benzene rings is 2. The van der Waals surface area contributed by atoms with Gasteiger partial charge in [-0.25, -0.2) is 5.43 Å². The quantitative estimate of drug-likeness (QED) is 0.326. The van der Waals surface area contributed by atoms with E-state index in [-0.39, 0.29) is 30.1 Å². The zero-order chi connectivity index (χ0) is 23.7. The van der Waals surface area contributed by atoms with E-state index >= 15 is 0 Å². The second kappa shape index (κ2) is 11.3. The lowest BCUT2D eigenvalue weighted by Gasteiger charge is -2.09. The highest BCUT2D eigenvalue weighted by Crippen LogP contribution is 2.29. The Bertz CT molecular complexity index is 1040. The van der Waals surface area contributed by atoms with Crippen LogP contribution < -0.4 is 25.0 Å². The molecule has 0 fully saturated rings. The molecule has 0 bridgehead atoms. The van der Waals surface area contributed by atoms with Crippen LogP contribution in [-0.4, -0.2) is 43.8 Å². The number of nitrogens with zero attached hydrogens (tertiary/aromatic N) is 2. The fourth-order valence-electron chi connectivity index (χ4n) is 2.73. The Labute approximate surface area is 184 Å². The van der Waals surface area contributed by atoms with Gasteiger partial charge in [0.1, 0.15) is 11.4 Å². The van der Waals surface area contributed by atoms with Gasteiger partial charge in [-0.15, -0.1) is 0 Å². The SMILES string of the molecule is COc1ccc(NC(=O)C/C(C)=N\NC(=O)Cc2ccc(OC)c(OC)c2)c([N+](=O)[O-])c1. The molecule has 0 unspecified atom stereocenters. The number of rotatable bonds is 10. The molecule has 170 valence electrons. The number of nitro groups is 1.